The molecule has 0 aromatic heterocycles. The lowest BCUT2D eigenvalue weighted by atomic mass is 9.82. The fourth-order valence-corrected chi connectivity index (χ4v) is 2.83. The molecule has 1 fully saturated rings. The van der Waals surface area contributed by atoms with Gasteiger partial charge in [0, 0.05) is 5.56 Å². The number of benzene rings is 1. The number of ether oxygens (including phenoxy) is 1. The van der Waals surface area contributed by atoms with Crippen molar-refractivity contribution in [2.75, 3.05) is 7.11 Å². The standard InChI is InChI=1S/C15H22O3/c1-18-13-10-6-5-9-12(13)15(17)14(16)11-7-3-2-4-8-11/h5-6,9-11,14-17H,2-4,7-8H2,1H3. The maximum absolute atomic E-state index is 10.3. The van der Waals surface area contributed by atoms with Crippen molar-refractivity contribution in [1.29, 1.82) is 0 Å². The third kappa shape index (κ3) is 2.85. The van der Waals surface area contributed by atoms with Gasteiger partial charge >= 0.3 is 0 Å². The van der Waals surface area contributed by atoms with E-state index in [1.807, 2.05) is 24.3 Å². The molecule has 0 radical (unpaired) electrons. The molecule has 3 nitrogen and oxygen atoms in total. The van der Waals surface area contributed by atoms with Crippen molar-refractivity contribution in [2.24, 2.45) is 5.92 Å². The first-order chi connectivity index (χ1) is 8.74. The highest BCUT2D eigenvalue weighted by molar-refractivity contribution is 5.35. The fraction of sp³-hybridized carbons (Fsp3) is 0.600. The molecule has 0 spiro atoms. The Morgan fingerprint density at radius 3 is 2.44 bits per heavy atom. The van der Waals surface area contributed by atoms with Gasteiger partial charge in [-0.25, -0.2) is 0 Å². The quantitative estimate of drug-likeness (QED) is 0.863. The van der Waals surface area contributed by atoms with Crippen LogP contribution in [0.5, 0.6) is 5.75 Å². The smallest absolute Gasteiger partial charge is 0.124 e. The van der Waals surface area contributed by atoms with Crippen molar-refractivity contribution in [3.05, 3.63) is 29.8 Å². The third-order valence-electron chi connectivity index (χ3n) is 3.91. The van der Waals surface area contributed by atoms with Gasteiger partial charge in [0.2, 0.25) is 0 Å². The Morgan fingerprint density at radius 1 is 1.11 bits per heavy atom. The second-order valence-corrected chi connectivity index (χ2v) is 5.08. The van der Waals surface area contributed by atoms with E-state index in [4.69, 9.17) is 4.74 Å². The summed E-state index contributed by atoms with van der Waals surface area (Å²) in [5, 5.41) is 20.6. The lowest BCUT2D eigenvalue weighted by molar-refractivity contribution is -0.0294. The summed E-state index contributed by atoms with van der Waals surface area (Å²) in [6, 6.07) is 7.35. The number of aliphatic hydroxyl groups excluding tert-OH is 2. The molecule has 18 heavy (non-hydrogen) atoms. The highest BCUT2D eigenvalue weighted by Crippen LogP contribution is 2.35. The van der Waals surface area contributed by atoms with Gasteiger partial charge < -0.3 is 14.9 Å². The summed E-state index contributed by atoms with van der Waals surface area (Å²) in [6.45, 7) is 0. The zero-order valence-electron chi connectivity index (χ0n) is 10.9. The van der Waals surface area contributed by atoms with Crippen molar-refractivity contribution >= 4 is 0 Å². The lowest BCUT2D eigenvalue weighted by Crippen LogP contribution is -2.29. The third-order valence-corrected chi connectivity index (χ3v) is 3.91. The van der Waals surface area contributed by atoms with Gasteiger partial charge in [0.15, 0.2) is 0 Å². The summed E-state index contributed by atoms with van der Waals surface area (Å²) >= 11 is 0. The van der Waals surface area contributed by atoms with Gasteiger partial charge in [-0.3, -0.25) is 0 Å². The first-order valence-corrected chi connectivity index (χ1v) is 6.73. The Hall–Kier alpha value is -1.06. The molecule has 2 atom stereocenters. The van der Waals surface area contributed by atoms with Crippen molar-refractivity contribution in [1.82, 2.24) is 0 Å². The van der Waals surface area contributed by atoms with Gasteiger partial charge in [-0.15, -0.1) is 0 Å². The number of rotatable bonds is 4. The Bertz CT molecular complexity index is 372. The van der Waals surface area contributed by atoms with E-state index < -0.39 is 12.2 Å². The minimum Gasteiger partial charge on any atom is -0.496 e. The van der Waals surface area contributed by atoms with E-state index in [0.29, 0.717) is 11.3 Å². The first kappa shape index (κ1) is 13.4. The van der Waals surface area contributed by atoms with Gasteiger partial charge in [0.05, 0.1) is 13.2 Å². The number of methoxy groups -OCH3 is 1. The van der Waals surface area contributed by atoms with Crippen LogP contribution in [0.3, 0.4) is 0 Å². The van der Waals surface area contributed by atoms with E-state index in [1.54, 1.807) is 7.11 Å². The first-order valence-electron chi connectivity index (χ1n) is 6.73. The molecular weight excluding hydrogens is 228 g/mol. The molecule has 3 heteroatoms. The van der Waals surface area contributed by atoms with Crippen LogP contribution in [0.4, 0.5) is 0 Å². The van der Waals surface area contributed by atoms with Gasteiger partial charge in [-0.05, 0) is 24.8 Å². The van der Waals surface area contributed by atoms with Crippen molar-refractivity contribution in [2.45, 2.75) is 44.3 Å². The molecule has 0 bridgehead atoms. The van der Waals surface area contributed by atoms with E-state index in [-0.39, 0.29) is 5.92 Å². The topological polar surface area (TPSA) is 49.7 Å². The molecule has 2 N–H and O–H groups in total. The predicted octanol–water partition coefficient (Wildman–Crippen LogP) is 2.67. The zero-order chi connectivity index (χ0) is 13.0. The van der Waals surface area contributed by atoms with Crippen LogP contribution in [0.2, 0.25) is 0 Å². The summed E-state index contributed by atoms with van der Waals surface area (Å²) < 4.78 is 5.23. The molecule has 1 aromatic rings. The summed E-state index contributed by atoms with van der Waals surface area (Å²) in [6.07, 6.45) is 4.01. The normalized spacial score (nSPS) is 20.4. The lowest BCUT2D eigenvalue weighted by Gasteiger charge is -2.30. The van der Waals surface area contributed by atoms with Crippen molar-refractivity contribution in [3.63, 3.8) is 0 Å². The molecule has 0 amide bonds. The van der Waals surface area contributed by atoms with Crippen LogP contribution >= 0.6 is 0 Å². The summed E-state index contributed by atoms with van der Waals surface area (Å²) in [7, 11) is 1.58. The Morgan fingerprint density at radius 2 is 1.78 bits per heavy atom. The largest absolute Gasteiger partial charge is 0.496 e. The number of para-hydroxylation sites is 1. The van der Waals surface area contributed by atoms with Crippen LogP contribution in [0.25, 0.3) is 0 Å². The Labute approximate surface area is 108 Å². The minimum atomic E-state index is -0.857. The number of hydrogen-bond donors (Lipinski definition) is 2. The summed E-state index contributed by atoms with van der Waals surface area (Å²) in [5.74, 6) is 0.846. The maximum atomic E-state index is 10.3. The molecule has 0 aliphatic heterocycles. The highest BCUT2D eigenvalue weighted by Gasteiger charge is 2.29. The van der Waals surface area contributed by atoms with Crippen LogP contribution in [0.15, 0.2) is 24.3 Å². The van der Waals surface area contributed by atoms with Crippen LogP contribution < -0.4 is 4.74 Å². The monoisotopic (exact) mass is 250 g/mol. The van der Waals surface area contributed by atoms with Gasteiger partial charge in [-0.2, -0.15) is 0 Å². The maximum Gasteiger partial charge on any atom is 0.124 e. The van der Waals surface area contributed by atoms with Crippen LogP contribution in [-0.2, 0) is 0 Å². The molecule has 100 valence electrons. The Kier molecular flexibility index (Phi) is 4.61. The van der Waals surface area contributed by atoms with E-state index in [9.17, 15) is 10.2 Å². The van der Waals surface area contributed by atoms with E-state index in [2.05, 4.69) is 0 Å². The highest BCUT2D eigenvalue weighted by atomic mass is 16.5. The molecule has 2 rings (SSSR count). The van der Waals surface area contributed by atoms with Gasteiger partial charge in [0.25, 0.3) is 0 Å². The molecule has 0 heterocycles. The van der Waals surface area contributed by atoms with E-state index >= 15 is 0 Å². The predicted molar refractivity (Wildman–Crippen MR) is 70.5 cm³/mol. The fourth-order valence-electron chi connectivity index (χ4n) is 2.83. The van der Waals surface area contributed by atoms with Crippen molar-refractivity contribution in [3.8, 4) is 5.75 Å². The zero-order valence-corrected chi connectivity index (χ0v) is 10.9. The molecule has 1 saturated carbocycles. The summed E-state index contributed by atoms with van der Waals surface area (Å²) in [4.78, 5) is 0. The average Bonchev–Trinajstić information content (AvgIpc) is 2.46. The van der Waals surface area contributed by atoms with Crippen LogP contribution in [-0.4, -0.2) is 23.4 Å². The molecule has 1 aliphatic carbocycles. The minimum absolute atomic E-state index is 0.207. The van der Waals surface area contributed by atoms with Crippen LogP contribution in [0, 0.1) is 5.92 Å². The van der Waals surface area contributed by atoms with Gasteiger partial charge in [0.1, 0.15) is 11.9 Å². The van der Waals surface area contributed by atoms with E-state index in [1.165, 1.54) is 6.42 Å². The SMILES string of the molecule is COc1ccccc1C(O)C(O)C1CCCCC1. The summed E-state index contributed by atoms with van der Waals surface area (Å²) in [5.41, 5.74) is 0.679. The van der Waals surface area contributed by atoms with E-state index in [0.717, 1.165) is 25.7 Å². The molecular formula is C15H22O3. The average molecular weight is 250 g/mol. The second-order valence-electron chi connectivity index (χ2n) is 5.08. The second kappa shape index (κ2) is 6.21. The molecule has 0 saturated heterocycles. The molecule has 1 aromatic carbocycles. The van der Waals surface area contributed by atoms with Crippen molar-refractivity contribution < 1.29 is 14.9 Å². The number of hydrogen-bond acceptors (Lipinski definition) is 3. The Balaban J connectivity index is 2.11. The molecule has 1 aliphatic rings. The molecule has 2 unspecified atom stereocenters. The number of aliphatic hydroxyl groups is 2. The van der Waals surface area contributed by atoms with Crippen LogP contribution in [0.1, 0.15) is 43.8 Å². The van der Waals surface area contributed by atoms with Gasteiger partial charge in [-0.1, -0.05) is 37.5 Å².